The minimum atomic E-state index is -1.32. The molecule has 0 saturated heterocycles. The van der Waals surface area contributed by atoms with Crippen molar-refractivity contribution < 1.29 is 23.5 Å². The van der Waals surface area contributed by atoms with Crippen molar-refractivity contribution >= 4 is 35.5 Å². The van der Waals surface area contributed by atoms with Gasteiger partial charge in [0.1, 0.15) is 18.0 Å². The molecule has 2 N–H and O–H groups in total. The topological polar surface area (TPSA) is 100 Å². The van der Waals surface area contributed by atoms with Gasteiger partial charge >= 0.3 is 12.0 Å². The first-order chi connectivity index (χ1) is 21.2. The number of aryl methyl sites for hydroxylation is 1. The Morgan fingerprint density at radius 3 is 2.41 bits per heavy atom. The van der Waals surface area contributed by atoms with Gasteiger partial charge in [-0.3, -0.25) is 19.5 Å². The summed E-state index contributed by atoms with van der Waals surface area (Å²) in [6.07, 6.45) is 6.40. The Kier molecular flexibility index (Phi) is 7.19. The molecule has 1 atom stereocenters. The maximum Gasteiger partial charge on any atom is 0.326 e. The normalized spacial score (nSPS) is 26.4. The number of halogens is 1. The summed E-state index contributed by atoms with van der Waals surface area (Å²) in [5, 5.41) is 5.68. The summed E-state index contributed by atoms with van der Waals surface area (Å²) in [4.78, 5) is 46.6. The lowest BCUT2D eigenvalue weighted by Gasteiger charge is -2.55. The molecule has 1 unspecified atom stereocenters. The average molecular weight is 595 g/mol. The Bertz CT molecular complexity index is 1630. The molecule has 3 aromatic rings. The number of benzene rings is 3. The van der Waals surface area contributed by atoms with E-state index in [9.17, 15) is 18.8 Å². The molecule has 0 radical (unpaired) electrons. The van der Waals surface area contributed by atoms with Gasteiger partial charge in [0.2, 0.25) is 6.17 Å². The number of nitrogens with zero attached hydrogens (tertiary/aromatic N) is 2. The summed E-state index contributed by atoms with van der Waals surface area (Å²) in [7, 11) is 0. The monoisotopic (exact) mass is 594 g/mol. The molecule has 3 aromatic carbocycles. The molecule has 226 valence electrons. The molecular formula is C35H35FN4O4. The lowest BCUT2D eigenvalue weighted by atomic mass is 9.54. The smallest absolute Gasteiger partial charge is 0.326 e. The standard InChI is InChI=1S/C35H35FN4O4/c1-21-10-26(28-7-3-4-8-29(28)36)15-27(11-21)38-34(43)40(32-33(42)39-30-9-5-2-6-25(30)19-37-32)20-31(41)44-35-16-22-12-23(17-35)14-24(13-22)18-35/h2-11,15,19,22-24,32H,12-14,16-18,20H2,1H3,(H,38,43)(H,39,42). The van der Waals surface area contributed by atoms with Gasteiger partial charge in [0.15, 0.2) is 0 Å². The van der Waals surface area contributed by atoms with Crippen molar-refractivity contribution in [1.82, 2.24) is 4.90 Å². The summed E-state index contributed by atoms with van der Waals surface area (Å²) >= 11 is 0. The van der Waals surface area contributed by atoms with Gasteiger partial charge in [0, 0.05) is 28.7 Å². The molecule has 4 saturated carbocycles. The largest absolute Gasteiger partial charge is 0.458 e. The molecule has 44 heavy (non-hydrogen) atoms. The van der Waals surface area contributed by atoms with Crippen LogP contribution < -0.4 is 10.6 Å². The summed E-state index contributed by atoms with van der Waals surface area (Å²) in [6, 6.07) is 18.2. The van der Waals surface area contributed by atoms with Crippen LogP contribution in [0.25, 0.3) is 11.1 Å². The summed E-state index contributed by atoms with van der Waals surface area (Å²) in [6.45, 7) is 1.40. The Morgan fingerprint density at radius 2 is 1.68 bits per heavy atom. The number of carbonyl (C=O) groups is 3. The Balaban J connectivity index is 1.16. The van der Waals surface area contributed by atoms with Gasteiger partial charge in [-0.15, -0.1) is 0 Å². The number of amides is 3. The number of aliphatic imine (C=N–C) groups is 1. The maximum atomic E-state index is 14.6. The summed E-state index contributed by atoms with van der Waals surface area (Å²) in [5.41, 5.74) is 2.94. The third kappa shape index (κ3) is 5.58. The second kappa shape index (κ2) is 11.2. The van der Waals surface area contributed by atoms with Crippen molar-refractivity contribution in [3.05, 3.63) is 83.7 Å². The van der Waals surface area contributed by atoms with Gasteiger partial charge < -0.3 is 15.4 Å². The first-order valence-corrected chi connectivity index (χ1v) is 15.3. The Labute approximate surface area is 255 Å². The highest BCUT2D eigenvalue weighted by Crippen LogP contribution is 2.57. The van der Waals surface area contributed by atoms with E-state index in [-0.39, 0.29) is 5.82 Å². The third-order valence-electron chi connectivity index (χ3n) is 9.49. The number of para-hydroxylation sites is 1. The molecule has 1 heterocycles. The molecule has 9 heteroatoms. The van der Waals surface area contributed by atoms with Crippen LogP contribution >= 0.6 is 0 Å². The average Bonchev–Trinajstić information content (AvgIpc) is 3.13. The minimum Gasteiger partial charge on any atom is -0.458 e. The number of carbonyl (C=O) groups excluding carboxylic acids is 3. The lowest BCUT2D eigenvalue weighted by Crippen LogP contribution is -2.55. The van der Waals surface area contributed by atoms with Gasteiger partial charge in [0.25, 0.3) is 5.91 Å². The molecule has 0 spiro atoms. The Hall–Kier alpha value is -4.53. The van der Waals surface area contributed by atoms with Crippen LogP contribution in [0, 0.1) is 30.5 Å². The highest BCUT2D eigenvalue weighted by Gasteiger charge is 2.53. The molecule has 3 amide bonds. The van der Waals surface area contributed by atoms with Crippen molar-refractivity contribution in [2.24, 2.45) is 22.7 Å². The Morgan fingerprint density at radius 1 is 1.00 bits per heavy atom. The molecule has 8 nitrogen and oxygen atoms in total. The molecule has 5 aliphatic rings. The number of hydrogen-bond donors (Lipinski definition) is 2. The number of benzodiazepines with no additional fused rings is 1. The number of urea groups is 1. The van der Waals surface area contributed by atoms with Crippen LogP contribution in [0.2, 0.25) is 0 Å². The summed E-state index contributed by atoms with van der Waals surface area (Å²) in [5.74, 6) is 0.259. The van der Waals surface area contributed by atoms with Crippen LogP contribution in [0.1, 0.15) is 49.7 Å². The second-order valence-corrected chi connectivity index (χ2v) is 12.9. The van der Waals surface area contributed by atoms with Gasteiger partial charge in [-0.25, -0.2) is 9.18 Å². The van der Waals surface area contributed by atoms with Crippen LogP contribution in [0.15, 0.2) is 71.7 Å². The first-order valence-electron chi connectivity index (χ1n) is 15.3. The lowest BCUT2D eigenvalue weighted by molar-refractivity contribution is -0.187. The van der Waals surface area contributed by atoms with Gasteiger partial charge in [-0.05, 0) is 98.6 Å². The third-order valence-corrected chi connectivity index (χ3v) is 9.49. The van der Waals surface area contributed by atoms with Crippen molar-refractivity contribution in [1.29, 1.82) is 0 Å². The van der Waals surface area contributed by atoms with Crippen molar-refractivity contribution in [3.8, 4) is 11.1 Å². The van der Waals surface area contributed by atoms with Crippen molar-refractivity contribution in [2.45, 2.75) is 57.2 Å². The van der Waals surface area contributed by atoms with E-state index in [0.717, 1.165) is 29.7 Å². The zero-order valence-electron chi connectivity index (χ0n) is 24.6. The number of rotatable bonds is 6. The number of anilines is 2. The predicted octanol–water partition coefficient (Wildman–Crippen LogP) is 6.54. The highest BCUT2D eigenvalue weighted by atomic mass is 19.1. The van der Waals surface area contributed by atoms with E-state index in [2.05, 4.69) is 15.6 Å². The van der Waals surface area contributed by atoms with Crippen LogP contribution in [-0.2, 0) is 14.3 Å². The number of fused-ring (bicyclic) bond motifs is 1. The SMILES string of the molecule is Cc1cc(NC(=O)N(CC(=O)OC23CC4CC(CC(C4)C2)C3)C2N=Cc3ccccc3NC2=O)cc(-c2ccccc2F)c1. The molecule has 4 aliphatic carbocycles. The van der Waals surface area contributed by atoms with E-state index in [4.69, 9.17) is 4.74 Å². The van der Waals surface area contributed by atoms with E-state index in [0.29, 0.717) is 45.8 Å². The van der Waals surface area contributed by atoms with E-state index in [1.54, 1.807) is 42.5 Å². The molecule has 4 bridgehead atoms. The second-order valence-electron chi connectivity index (χ2n) is 12.9. The summed E-state index contributed by atoms with van der Waals surface area (Å²) < 4.78 is 20.8. The number of nitrogens with one attached hydrogen (secondary N) is 2. The molecular weight excluding hydrogens is 559 g/mol. The van der Waals surface area contributed by atoms with Crippen LogP contribution in [-0.4, -0.2) is 47.3 Å². The van der Waals surface area contributed by atoms with Gasteiger partial charge in [-0.1, -0.05) is 42.5 Å². The fraction of sp³-hybridized carbons (Fsp3) is 0.371. The van der Waals surface area contributed by atoms with Crippen molar-refractivity contribution in [3.63, 3.8) is 0 Å². The number of ether oxygens (including phenoxy) is 1. The first kappa shape index (κ1) is 28.3. The van der Waals surface area contributed by atoms with E-state index in [1.165, 1.54) is 31.5 Å². The quantitative estimate of drug-likeness (QED) is 0.317. The molecule has 0 aromatic heterocycles. The fourth-order valence-corrected chi connectivity index (χ4v) is 8.10. The van der Waals surface area contributed by atoms with Crippen LogP contribution in [0.4, 0.5) is 20.6 Å². The fourth-order valence-electron chi connectivity index (χ4n) is 8.10. The zero-order chi connectivity index (χ0) is 30.4. The molecule has 1 aliphatic heterocycles. The van der Waals surface area contributed by atoms with E-state index < -0.39 is 36.2 Å². The van der Waals surface area contributed by atoms with Gasteiger partial charge in [-0.2, -0.15) is 0 Å². The highest BCUT2D eigenvalue weighted by molar-refractivity contribution is 6.05. The molecule has 8 rings (SSSR count). The number of hydrogen-bond acceptors (Lipinski definition) is 5. The van der Waals surface area contributed by atoms with E-state index >= 15 is 0 Å². The van der Waals surface area contributed by atoms with E-state index in [1.807, 2.05) is 25.1 Å². The zero-order valence-corrected chi connectivity index (χ0v) is 24.6. The predicted molar refractivity (Wildman–Crippen MR) is 166 cm³/mol. The van der Waals surface area contributed by atoms with Crippen molar-refractivity contribution in [2.75, 3.05) is 17.2 Å². The molecule has 4 fully saturated rings. The van der Waals surface area contributed by atoms with Crippen LogP contribution in [0.3, 0.4) is 0 Å². The van der Waals surface area contributed by atoms with Gasteiger partial charge in [0.05, 0.1) is 0 Å². The maximum absolute atomic E-state index is 14.6. The van der Waals surface area contributed by atoms with Crippen LogP contribution in [0.5, 0.6) is 0 Å². The minimum absolute atomic E-state index is 0.381. The number of esters is 1.